The van der Waals surface area contributed by atoms with Crippen molar-refractivity contribution < 1.29 is 0 Å². The van der Waals surface area contributed by atoms with Crippen LogP contribution < -0.4 is 5.32 Å². The lowest BCUT2D eigenvalue weighted by Gasteiger charge is -2.57. The minimum Gasteiger partial charge on any atom is -0.343 e. The first-order valence-corrected chi connectivity index (χ1v) is 11.6. The van der Waals surface area contributed by atoms with Crippen LogP contribution in [0, 0.1) is 17.8 Å². The number of para-hydroxylation sites is 1. The molecule has 7 rings (SSSR count). The summed E-state index contributed by atoms with van der Waals surface area (Å²) in [4.78, 5) is 0. The predicted octanol–water partition coefficient (Wildman–Crippen LogP) is 6.40. The Kier molecular flexibility index (Phi) is 4.28. The lowest BCUT2D eigenvalue weighted by molar-refractivity contribution is -0.0205. The molecule has 4 saturated carbocycles. The highest BCUT2D eigenvalue weighted by Crippen LogP contribution is 2.55. The molecule has 4 bridgehead atoms. The van der Waals surface area contributed by atoms with Crippen molar-refractivity contribution in [1.29, 1.82) is 0 Å². The molecule has 0 saturated heterocycles. The molecule has 0 atom stereocenters. The molecule has 0 radical (unpaired) electrons. The normalized spacial score (nSPS) is 30.3. The Hall–Kier alpha value is -1.77. The zero-order valence-electron chi connectivity index (χ0n) is 16.9. The number of rotatable bonds is 5. The molecule has 0 amide bonds. The van der Waals surface area contributed by atoms with Crippen molar-refractivity contribution in [2.75, 3.05) is 0 Å². The molecule has 0 aliphatic heterocycles. The Morgan fingerprint density at radius 3 is 2.38 bits per heavy atom. The minimum absolute atomic E-state index is 0.408. The first kappa shape index (κ1) is 18.0. The monoisotopic (exact) mass is 404 g/mol. The van der Waals surface area contributed by atoms with E-state index < -0.39 is 0 Å². The Balaban J connectivity index is 1.27. The fourth-order valence-electron chi connectivity index (χ4n) is 7.04. The number of halogens is 1. The average Bonchev–Trinajstić information content (AvgIpc) is 3.03. The van der Waals surface area contributed by atoms with Gasteiger partial charge in [0.1, 0.15) is 0 Å². The summed E-state index contributed by atoms with van der Waals surface area (Å²) in [5.74, 6) is 2.95. The van der Waals surface area contributed by atoms with E-state index in [4.69, 9.17) is 11.6 Å². The van der Waals surface area contributed by atoms with Crippen molar-refractivity contribution in [1.82, 2.24) is 9.88 Å². The number of fused-ring (bicyclic) bond motifs is 1. The van der Waals surface area contributed by atoms with Crippen LogP contribution in [0.25, 0.3) is 10.9 Å². The quantitative estimate of drug-likeness (QED) is 0.520. The molecule has 0 unspecified atom stereocenters. The highest BCUT2D eigenvalue weighted by atomic mass is 35.5. The number of nitrogens with zero attached hydrogens (tertiary/aromatic N) is 1. The van der Waals surface area contributed by atoms with E-state index in [0.717, 1.165) is 35.9 Å². The molecule has 29 heavy (non-hydrogen) atoms. The van der Waals surface area contributed by atoms with E-state index in [-0.39, 0.29) is 0 Å². The number of nitrogens with one attached hydrogen (secondary N) is 1. The first-order valence-electron chi connectivity index (χ1n) is 11.2. The van der Waals surface area contributed by atoms with Gasteiger partial charge in [0, 0.05) is 40.8 Å². The third-order valence-corrected chi connectivity index (χ3v) is 8.04. The Bertz CT molecular complexity index is 1010. The van der Waals surface area contributed by atoms with E-state index in [9.17, 15) is 0 Å². The van der Waals surface area contributed by atoms with E-state index in [2.05, 4.69) is 52.5 Å². The van der Waals surface area contributed by atoms with Crippen molar-refractivity contribution in [2.24, 2.45) is 17.8 Å². The van der Waals surface area contributed by atoms with Crippen LogP contribution in [0.2, 0.25) is 5.02 Å². The Labute approximate surface area is 178 Å². The van der Waals surface area contributed by atoms with Gasteiger partial charge in [0.25, 0.3) is 0 Å². The summed E-state index contributed by atoms with van der Waals surface area (Å²) in [5.41, 5.74) is 4.40. The molecule has 4 fully saturated rings. The van der Waals surface area contributed by atoms with Gasteiger partial charge >= 0.3 is 0 Å². The van der Waals surface area contributed by atoms with Crippen molar-refractivity contribution in [3.05, 3.63) is 70.9 Å². The second-order valence-corrected chi connectivity index (χ2v) is 10.4. The molecule has 4 aliphatic carbocycles. The van der Waals surface area contributed by atoms with Crippen molar-refractivity contribution in [3.8, 4) is 0 Å². The number of benzene rings is 2. The maximum absolute atomic E-state index is 6.21. The largest absolute Gasteiger partial charge is 0.343 e. The van der Waals surface area contributed by atoms with Crippen LogP contribution in [0.3, 0.4) is 0 Å². The molecular formula is C26H29ClN2. The number of hydrogen-bond acceptors (Lipinski definition) is 1. The molecule has 0 spiro atoms. The number of hydrogen-bond donors (Lipinski definition) is 1. The number of aromatic nitrogens is 1. The second kappa shape index (κ2) is 6.89. The third-order valence-electron chi connectivity index (χ3n) is 7.81. The van der Waals surface area contributed by atoms with Crippen LogP contribution in [-0.2, 0) is 13.1 Å². The fraction of sp³-hybridized carbons (Fsp3) is 0.462. The van der Waals surface area contributed by atoms with Gasteiger partial charge in [-0.3, -0.25) is 0 Å². The standard InChI is InChI=1S/C26H29ClN2/c27-23-5-3-4-18(11-23)16-29-17-22(24-6-1-2-7-25(24)29)15-28-26-12-19-8-20(13-26)10-21(9-19)14-26/h1-7,11,17,19-21,28H,8-10,12-16H2. The van der Waals surface area contributed by atoms with Gasteiger partial charge in [0.05, 0.1) is 0 Å². The minimum atomic E-state index is 0.408. The third kappa shape index (κ3) is 3.31. The SMILES string of the molecule is Clc1cccc(Cn2cc(CNC34CC5CC(CC(C5)C3)C4)c3ccccc32)c1. The second-order valence-electron chi connectivity index (χ2n) is 9.98. The molecule has 3 aromatic rings. The summed E-state index contributed by atoms with van der Waals surface area (Å²) in [7, 11) is 0. The molecule has 2 aromatic carbocycles. The maximum Gasteiger partial charge on any atom is 0.0486 e. The van der Waals surface area contributed by atoms with E-state index in [1.54, 1.807) is 0 Å². The first-order chi connectivity index (χ1) is 14.2. The van der Waals surface area contributed by atoms with Crippen molar-refractivity contribution in [2.45, 2.75) is 57.2 Å². The molecule has 1 N–H and O–H groups in total. The lowest BCUT2D eigenvalue weighted by atomic mass is 9.53. The summed E-state index contributed by atoms with van der Waals surface area (Å²) < 4.78 is 2.39. The van der Waals surface area contributed by atoms with Crippen LogP contribution in [0.4, 0.5) is 0 Å². The van der Waals surface area contributed by atoms with E-state index in [0.29, 0.717) is 5.54 Å². The zero-order chi connectivity index (χ0) is 19.4. The smallest absolute Gasteiger partial charge is 0.0486 e. The van der Waals surface area contributed by atoms with Gasteiger partial charge < -0.3 is 9.88 Å². The van der Waals surface area contributed by atoms with Gasteiger partial charge in [0.15, 0.2) is 0 Å². The van der Waals surface area contributed by atoms with Gasteiger partial charge in [-0.05, 0) is 85.6 Å². The predicted molar refractivity (Wildman–Crippen MR) is 120 cm³/mol. The van der Waals surface area contributed by atoms with Crippen LogP contribution in [0.1, 0.15) is 49.7 Å². The van der Waals surface area contributed by atoms with Gasteiger partial charge in [-0.2, -0.15) is 0 Å². The molecule has 2 nitrogen and oxygen atoms in total. The molecule has 4 aliphatic rings. The van der Waals surface area contributed by atoms with E-state index in [1.807, 2.05) is 12.1 Å². The van der Waals surface area contributed by atoms with Gasteiger partial charge in [-0.25, -0.2) is 0 Å². The highest BCUT2D eigenvalue weighted by molar-refractivity contribution is 6.30. The van der Waals surface area contributed by atoms with Crippen LogP contribution >= 0.6 is 11.6 Å². The summed E-state index contributed by atoms with van der Waals surface area (Å²) in [5, 5.41) is 6.28. The average molecular weight is 405 g/mol. The molecular weight excluding hydrogens is 376 g/mol. The lowest BCUT2D eigenvalue weighted by Crippen LogP contribution is -2.58. The Morgan fingerprint density at radius 2 is 1.66 bits per heavy atom. The topological polar surface area (TPSA) is 17.0 Å². The maximum atomic E-state index is 6.21. The molecule has 1 aromatic heterocycles. The molecule has 150 valence electrons. The summed E-state index contributed by atoms with van der Waals surface area (Å²) in [6.07, 6.45) is 11.1. The van der Waals surface area contributed by atoms with Crippen molar-refractivity contribution in [3.63, 3.8) is 0 Å². The molecule has 3 heteroatoms. The summed E-state index contributed by atoms with van der Waals surface area (Å²) >= 11 is 6.21. The summed E-state index contributed by atoms with van der Waals surface area (Å²) in [6.45, 7) is 1.84. The van der Waals surface area contributed by atoms with E-state index >= 15 is 0 Å². The van der Waals surface area contributed by atoms with Gasteiger partial charge in [0.2, 0.25) is 0 Å². The van der Waals surface area contributed by atoms with Crippen LogP contribution in [0.5, 0.6) is 0 Å². The summed E-state index contributed by atoms with van der Waals surface area (Å²) in [6, 6.07) is 17.1. The van der Waals surface area contributed by atoms with E-state index in [1.165, 1.54) is 60.6 Å². The van der Waals surface area contributed by atoms with Crippen molar-refractivity contribution >= 4 is 22.5 Å². The van der Waals surface area contributed by atoms with Gasteiger partial charge in [-0.15, -0.1) is 0 Å². The zero-order valence-corrected chi connectivity index (χ0v) is 17.7. The fourth-order valence-corrected chi connectivity index (χ4v) is 7.25. The van der Waals surface area contributed by atoms with Gasteiger partial charge in [-0.1, -0.05) is 41.9 Å². The van der Waals surface area contributed by atoms with Crippen LogP contribution in [0.15, 0.2) is 54.7 Å². The molecule has 1 heterocycles. The van der Waals surface area contributed by atoms with Crippen LogP contribution in [-0.4, -0.2) is 10.1 Å². The highest BCUT2D eigenvalue weighted by Gasteiger charge is 2.50. The Morgan fingerprint density at radius 1 is 0.931 bits per heavy atom.